The van der Waals surface area contributed by atoms with Crippen LogP contribution >= 0.6 is 15.9 Å². The SMILES string of the molecule is Cn1c(CCO)nc(Br)c1-c1cccc(F)c1. The van der Waals surface area contributed by atoms with Crippen molar-refractivity contribution >= 4 is 15.9 Å². The number of benzene rings is 1. The number of halogens is 2. The average molecular weight is 299 g/mol. The summed E-state index contributed by atoms with van der Waals surface area (Å²) >= 11 is 3.36. The molecule has 1 N–H and O–H groups in total. The zero-order valence-electron chi connectivity index (χ0n) is 9.32. The third kappa shape index (κ3) is 2.40. The number of aliphatic hydroxyl groups is 1. The Bertz CT molecular complexity index is 539. The van der Waals surface area contributed by atoms with Gasteiger partial charge in [-0.2, -0.15) is 0 Å². The van der Waals surface area contributed by atoms with Gasteiger partial charge < -0.3 is 9.67 Å². The summed E-state index contributed by atoms with van der Waals surface area (Å²) in [5, 5.41) is 8.93. The topological polar surface area (TPSA) is 38.0 Å². The Hall–Kier alpha value is -1.20. The Morgan fingerprint density at radius 1 is 1.47 bits per heavy atom. The van der Waals surface area contributed by atoms with Gasteiger partial charge in [-0.25, -0.2) is 9.37 Å². The molecule has 90 valence electrons. The van der Waals surface area contributed by atoms with Crippen molar-refractivity contribution in [2.24, 2.45) is 7.05 Å². The minimum Gasteiger partial charge on any atom is -0.396 e. The molecule has 3 nitrogen and oxygen atoms in total. The molecular weight excluding hydrogens is 287 g/mol. The lowest BCUT2D eigenvalue weighted by molar-refractivity contribution is 0.295. The van der Waals surface area contributed by atoms with E-state index in [4.69, 9.17) is 5.11 Å². The van der Waals surface area contributed by atoms with Crippen molar-refractivity contribution in [3.8, 4) is 11.3 Å². The van der Waals surface area contributed by atoms with Crippen LogP contribution in [0, 0.1) is 5.82 Å². The standard InChI is InChI=1S/C12H12BrFN2O/c1-16-10(5-6-17)15-12(13)11(16)8-3-2-4-9(14)7-8/h2-4,7,17H,5-6H2,1H3. The van der Waals surface area contributed by atoms with Crippen molar-refractivity contribution in [1.82, 2.24) is 9.55 Å². The zero-order valence-corrected chi connectivity index (χ0v) is 10.9. The molecule has 1 aromatic carbocycles. The van der Waals surface area contributed by atoms with Crippen molar-refractivity contribution in [1.29, 1.82) is 0 Å². The van der Waals surface area contributed by atoms with Crippen LogP contribution < -0.4 is 0 Å². The molecule has 2 rings (SSSR count). The summed E-state index contributed by atoms with van der Waals surface area (Å²) in [4.78, 5) is 4.30. The van der Waals surface area contributed by atoms with Gasteiger partial charge in [0.2, 0.25) is 0 Å². The Balaban J connectivity index is 2.52. The summed E-state index contributed by atoms with van der Waals surface area (Å²) in [6, 6.07) is 6.36. The molecule has 0 aliphatic heterocycles. The van der Waals surface area contributed by atoms with E-state index in [9.17, 15) is 4.39 Å². The fourth-order valence-electron chi connectivity index (χ4n) is 1.78. The number of imidazole rings is 1. The van der Waals surface area contributed by atoms with Crippen LogP contribution in [0.5, 0.6) is 0 Å². The van der Waals surface area contributed by atoms with Crippen LogP contribution in [0.25, 0.3) is 11.3 Å². The molecule has 0 amide bonds. The van der Waals surface area contributed by atoms with Gasteiger partial charge >= 0.3 is 0 Å². The van der Waals surface area contributed by atoms with Gasteiger partial charge in [-0.05, 0) is 28.1 Å². The van der Waals surface area contributed by atoms with E-state index in [0.717, 1.165) is 17.1 Å². The van der Waals surface area contributed by atoms with Crippen LogP contribution in [0.3, 0.4) is 0 Å². The largest absolute Gasteiger partial charge is 0.396 e. The summed E-state index contributed by atoms with van der Waals surface area (Å²) in [6.07, 6.45) is 0.477. The lowest BCUT2D eigenvalue weighted by atomic mass is 10.1. The second-order valence-electron chi connectivity index (χ2n) is 3.71. The van der Waals surface area contributed by atoms with Gasteiger partial charge in [0.15, 0.2) is 0 Å². The second kappa shape index (κ2) is 4.98. The molecule has 17 heavy (non-hydrogen) atoms. The minimum atomic E-state index is -0.278. The van der Waals surface area contributed by atoms with Crippen LogP contribution in [0.1, 0.15) is 5.82 Å². The number of rotatable bonds is 3. The highest BCUT2D eigenvalue weighted by molar-refractivity contribution is 9.10. The first-order valence-electron chi connectivity index (χ1n) is 5.21. The first-order chi connectivity index (χ1) is 8.13. The van der Waals surface area contributed by atoms with Gasteiger partial charge in [-0.3, -0.25) is 0 Å². The van der Waals surface area contributed by atoms with E-state index in [0.29, 0.717) is 11.0 Å². The number of aliphatic hydroxyl groups excluding tert-OH is 1. The van der Waals surface area contributed by atoms with E-state index >= 15 is 0 Å². The molecule has 0 saturated heterocycles. The van der Waals surface area contributed by atoms with Gasteiger partial charge in [-0.1, -0.05) is 12.1 Å². The third-order valence-corrected chi connectivity index (χ3v) is 3.13. The van der Waals surface area contributed by atoms with Crippen molar-refractivity contribution in [2.75, 3.05) is 6.61 Å². The number of hydrogen-bond acceptors (Lipinski definition) is 2. The zero-order chi connectivity index (χ0) is 12.4. The maximum absolute atomic E-state index is 13.2. The van der Waals surface area contributed by atoms with Crippen molar-refractivity contribution in [3.63, 3.8) is 0 Å². The van der Waals surface area contributed by atoms with Gasteiger partial charge in [0.05, 0.1) is 12.3 Å². The van der Waals surface area contributed by atoms with E-state index in [-0.39, 0.29) is 12.4 Å². The summed E-state index contributed by atoms with van der Waals surface area (Å²) in [5.74, 6) is 0.484. The Labute approximate surface area is 107 Å². The van der Waals surface area contributed by atoms with E-state index in [1.807, 2.05) is 17.7 Å². The average Bonchev–Trinajstić information content (AvgIpc) is 2.55. The lowest BCUT2D eigenvalue weighted by Crippen LogP contribution is -2.02. The smallest absolute Gasteiger partial charge is 0.132 e. The van der Waals surface area contributed by atoms with Crippen LogP contribution in [0.2, 0.25) is 0 Å². The number of aromatic nitrogens is 2. The molecule has 0 bridgehead atoms. The van der Waals surface area contributed by atoms with Crippen LogP contribution in [-0.2, 0) is 13.5 Å². The Kier molecular flexibility index (Phi) is 3.59. The molecule has 1 aromatic heterocycles. The Morgan fingerprint density at radius 2 is 2.24 bits per heavy atom. The van der Waals surface area contributed by atoms with Gasteiger partial charge in [0, 0.05) is 19.0 Å². The molecule has 0 spiro atoms. The normalized spacial score (nSPS) is 10.8. The predicted molar refractivity (Wildman–Crippen MR) is 67.1 cm³/mol. The summed E-state index contributed by atoms with van der Waals surface area (Å²) in [6.45, 7) is 0.0416. The Morgan fingerprint density at radius 3 is 2.88 bits per heavy atom. The lowest BCUT2D eigenvalue weighted by Gasteiger charge is -2.05. The fraction of sp³-hybridized carbons (Fsp3) is 0.250. The van der Waals surface area contributed by atoms with Crippen molar-refractivity contribution in [2.45, 2.75) is 6.42 Å². The monoisotopic (exact) mass is 298 g/mol. The number of nitrogens with zero attached hydrogens (tertiary/aromatic N) is 2. The second-order valence-corrected chi connectivity index (χ2v) is 4.46. The molecule has 0 radical (unpaired) electrons. The molecule has 0 saturated carbocycles. The van der Waals surface area contributed by atoms with Gasteiger partial charge in [0.25, 0.3) is 0 Å². The molecule has 0 atom stereocenters. The summed E-state index contributed by atoms with van der Waals surface area (Å²) in [5.41, 5.74) is 1.57. The van der Waals surface area contributed by atoms with Gasteiger partial charge in [0.1, 0.15) is 16.2 Å². The van der Waals surface area contributed by atoms with Crippen molar-refractivity contribution in [3.05, 3.63) is 40.5 Å². The van der Waals surface area contributed by atoms with E-state index in [1.165, 1.54) is 12.1 Å². The summed E-state index contributed by atoms with van der Waals surface area (Å²) < 4.78 is 15.7. The first-order valence-corrected chi connectivity index (χ1v) is 6.00. The molecular formula is C12H12BrFN2O. The van der Waals surface area contributed by atoms with Gasteiger partial charge in [-0.15, -0.1) is 0 Å². The van der Waals surface area contributed by atoms with E-state index < -0.39 is 0 Å². The van der Waals surface area contributed by atoms with Crippen LogP contribution in [0.4, 0.5) is 4.39 Å². The quantitative estimate of drug-likeness (QED) is 0.945. The molecule has 0 aliphatic rings. The maximum atomic E-state index is 13.2. The molecule has 5 heteroatoms. The maximum Gasteiger partial charge on any atom is 0.132 e. The van der Waals surface area contributed by atoms with Crippen molar-refractivity contribution < 1.29 is 9.50 Å². The number of hydrogen-bond donors (Lipinski definition) is 1. The van der Waals surface area contributed by atoms with Crippen LogP contribution in [0.15, 0.2) is 28.9 Å². The molecule has 1 heterocycles. The minimum absolute atomic E-state index is 0.0416. The molecule has 0 fully saturated rings. The first kappa shape index (κ1) is 12.3. The highest BCUT2D eigenvalue weighted by Gasteiger charge is 2.14. The molecule has 2 aromatic rings. The van der Waals surface area contributed by atoms with Crippen LogP contribution in [-0.4, -0.2) is 21.3 Å². The highest BCUT2D eigenvalue weighted by Crippen LogP contribution is 2.28. The predicted octanol–water partition coefficient (Wildman–Crippen LogP) is 2.52. The molecule has 0 aliphatic carbocycles. The van der Waals surface area contributed by atoms with E-state index in [2.05, 4.69) is 20.9 Å². The molecule has 0 unspecified atom stereocenters. The third-order valence-electron chi connectivity index (χ3n) is 2.58. The fourth-order valence-corrected chi connectivity index (χ4v) is 2.48. The van der Waals surface area contributed by atoms with E-state index in [1.54, 1.807) is 6.07 Å². The summed E-state index contributed by atoms with van der Waals surface area (Å²) in [7, 11) is 1.85. The highest BCUT2D eigenvalue weighted by atomic mass is 79.9.